The van der Waals surface area contributed by atoms with Crippen molar-refractivity contribution in [2.45, 2.75) is 51.7 Å². The molecule has 28 heavy (non-hydrogen) atoms. The summed E-state index contributed by atoms with van der Waals surface area (Å²) < 4.78 is 0. The van der Waals surface area contributed by atoms with E-state index in [1.165, 1.54) is 5.56 Å². The van der Waals surface area contributed by atoms with Crippen molar-refractivity contribution in [2.24, 2.45) is 4.99 Å². The lowest BCUT2D eigenvalue weighted by Gasteiger charge is -2.32. The van der Waals surface area contributed by atoms with Crippen LogP contribution in [0, 0.1) is 6.92 Å². The number of carbonyl (C=O) groups excluding carboxylic acids is 1. The molecule has 1 spiro atoms. The molecular formula is C22H28N4OS. The van der Waals surface area contributed by atoms with Gasteiger partial charge in [0.2, 0.25) is 0 Å². The average molecular weight is 397 g/mol. The predicted octanol–water partition coefficient (Wildman–Crippen LogP) is 4.05. The van der Waals surface area contributed by atoms with Crippen molar-refractivity contribution in [3.8, 4) is 0 Å². The van der Waals surface area contributed by atoms with Crippen molar-refractivity contribution < 1.29 is 4.79 Å². The molecule has 2 aromatic rings. The molecule has 5 nitrogen and oxygen atoms in total. The van der Waals surface area contributed by atoms with Crippen LogP contribution >= 0.6 is 11.3 Å². The molecule has 148 valence electrons. The average Bonchev–Trinajstić information content (AvgIpc) is 3.22. The SMILES string of the molecule is Cc1ccc(C(=O)N2CCC3(C2)NCc2ccccc2NC3=NC(C)(C)C)s1. The van der Waals surface area contributed by atoms with Crippen LogP contribution in [-0.4, -0.2) is 40.8 Å². The minimum atomic E-state index is -0.353. The maximum absolute atomic E-state index is 13.0. The van der Waals surface area contributed by atoms with Crippen LogP contribution in [0.15, 0.2) is 41.4 Å². The largest absolute Gasteiger partial charge is 0.342 e. The summed E-state index contributed by atoms with van der Waals surface area (Å²) in [6.45, 7) is 10.5. The molecule has 1 aromatic carbocycles. The third-order valence-corrected chi connectivity index (χ3v) is 6.28. The number of nitrogens with zero attached hydrogens (tertiary/aromatic N) is 2. The Morgan fingerprint density at radius 3 is 2.71 bits per heavy atom. The van der Waals surface area contributed by atoms with Gasteiger partial charge in [-0.15, -0.1) is 11.3 Å². The topological polar surface area (TPSA) is 56.7 Å². The lowest BCUT2D eigenvalue weighted by molar-refractivity contribution is 0.0790. The molecule has 3 heterocycles. The predicted molar refractivity (Wildman–Crippen MR) is 116 cm³/mol. The second-order valence-corrected chi connectivity index (χ2v) is 10.0. The van der Waals surface area contributed by atoms with Crippen LogP contribution in [0.1, 0.15) is 47.3 Å². The number of hydrogen-bond donors (Lipinski definition) is 2. The molecule has 0 saturated carbocycles. The molecule has 1 fully saturated rings. The molecule has 1 amide bonds. The second kappa shape index (κ2) is 7.01. The number of rotatable bonds is 1. The van der Waals surface area contributed by atoms with E-state index in [0.717, 1.165) is 40.8 Å². The van der Waals surface area contributed by atoms with Crippen molar-refractivity contribution in [1.29, 1.82) is 0 Å². The molecule has 1 aromatic heterocycles. The maximum Gasteiger partial charge on any atom is 0.264 e. The van der Waals surface area contributed by atoms with E-state index in [1.54, 1.807) is 11.3 Å². The summed E-state index contributed by atoms with van der Waals surface area (Å²) in [6, 6.07) is 12.3. The number of benzene rings is 1. The van der Waals surface area contributed by atoms with E-state index >= 15 is 0 Å². The lowest BCUT2D eigenvalue weighted by Crippen LogP contribution is -2.56. The van der Waals surface area contributed by atoms with Gasteiger partial charge in [0.15, 0.2) is 0 Å². The fourth-order valence-corrected chi connectivity index (χ4v) is 4.72. The molecule has 4 rings (SSSR count). The number of anilines is 1. The number of thiophene rings is 1. The fraction of sp³-hybridized carbons (Fsp3) is 0.455. The van der Waals surface area contributed by atoms with Crippen molar-refractivity contribution in [3.05, 3.63) is 51.7 Å². The zero-order valence-corrected chi connectivity index (χ0v) is 17.8. The van der Waals surface area contributed by atoms with Gasteiger partial charge in [-0.05, 0) is 57.9 Å². The summed E-state index contributed by atoms with van der Waals surface area (Å²) in [4.78, 5) is 22.0. The monoisotopic (exact) mass is 396 g/mol. The first-order valence-electron chi connectivity index (χ1n) is 9.82. The first-order valence-corrected chi connectivity index (χ1v) is 10.6. The van der Waals surface area contributed by atoms with Gasteiger partial charge in [0.05, 0.1) is 16.0 Å². The summed E-state index contributed by atoms with van der Waals surface area (Å²) in [6.07, 6.45) is 0.846. The van der Waals surface area contributed by atoms with Gasteiger partial charge in [-0.2, -0.15) is 0 Å². The highest BCUT2D eigenvalue weighted by Crippen LogP contribution is 2.32. The molecule has 2 aliphatic heterocycles. The Bertz CT molecular complexity index is 927. The van der Waals surface area contributed by atoms with E-state index in [-0.39, 0.29) is 17.0 Å². The van der Waals surface area contributed by atoms with Gasteiger partial charge in [0, 0.05) is 30.2 Å². The van der Waals surface area contributed by atoms with Crippen LogP contribution in [-0.2, 0) is 6.54 Å². The van der Waals surface area contributed by atoms with Gasteiger partial charge < -0.3 is 10.2 Å². The number of aryl methyl sites for hydroxylation is 1. The Kier molecular flexibility index (Phi) is 4.79. The van der Waals surface area contributed by atoms with Crippen molar-refractivity contribution in [2.75, 3.05) is 18.4 Å². The number of likely N-dealkylation sites (tertiary alicyclic amines) is 1. The van der Waals surface area contributed by atoms with Crippen molar-refractivity contribution in [3.63, 3.8) is 0 Å². The summed E-state index contributed by atoms with van der Waals surface area (Å²) >= 11 is 1.57. The number of amides is 1. The maximum atomic E-state index is 13.0. The van der Waals surface area contributed by atoms with Crippen molar-refractivity contribution >= 4 is 28.8 Å². The molecule has 0 aliphatic carbocycles. The van der Waals surface area contributed by atoms with E-state index in [4.69, 9.17) is 4.99 Å². The molecule has 2 aliphatic rings. The summed E-state index contributed by atoms with van der Waals surface area (Å²) in [5, 5.41) is 7.35. The van der Waals surface area contributed by atoms with Crippen LogP contribution in [0.5, 0.6) is 0 Å². The van der Waals surface area contributed by atoms with E-state index in [2.05, 4.69) is 49.6 Å². The van der Waals surface area contributed by atoms with E-state index in [1.807, 2.05) is 30.0 Å². The Hall–Kier alpha value is -2.18. The molecule has 1 saturated heterocycles. The third kappa shape index (κ3) is 3.71. The van der Waals surface area contributed by atoms with Gasteiger partial charge in [-0.1, -0.05) is 18.2 Å². The Labute approximate surface area is 170 Å². The summed E-state index contributed by atoms with van der Waals surface area (Å²) in [7, 11) is 0. The van der Waals surface area contributed by atoms with E-state index in [0.29, 0.717) is 6.54 Å². The Morgan fingerprint density at radius 2 is 2.00 bits per heavy atom. The molecule has 0 radical (unpaired) electrons. The molecule has 1 unspecified atom stereocenters. The Morgan fingerprint density at radius 1 is 1.21 bits per heavy atom. The fourth-order valence-electron chi connectivity index (χ4n) is 3.89. The smallest absolute Gasteiger partial charge is 0.264 e. The highest BCUT2D eigenvalue weighted by Gasteiger charge is 2.46. The van der Waals surface area contributed by atoms with Crippen LogP contribution in [0.25, 0.3) is 0 Å². The van der Waals surface area contributed by atoms with E-state index in [9.17, 15) is 4.79 Å². The quantitative estimate of drug-likeness (QED) is 0.764. The lowest BCUT2D eigenvalue weighted by atomic mass is 9.95. The number of para-hydroxylation sites is 1. The Balaban J connectivity index is 1.66. The zero-order valence-electron chi connectivity index (χ0n) is 17.0. The number of carbonyl (C=O) groups is 1. The normalized spacial score (nSPS) is 23.6. The van der Waals surface area contributed by atoms with Gasteiger partial charge in [-0.25, -0.2) is 0 Å². The summed E-state index contributed by atoms with van der Waals surface area (Å²) in [5.74, 6) is 1.05. The summed E-state index contributed by atoms with van der Waals surface area (Å²) in [5.41, 5.74) is 1.75. The van der Waals surface area contributed by atoms with Crippen LogP contribution in [0.4, 0.5) is 5.69 Å². The number of hydrogen-bond acceptors (Lipinski definition) is 4. The first-order chi connectivity index (χ1) is 13.3. The van der Waals surface area contributed by atoms with Gasteiger partial charge in [-0.3, -0.25) is 15.1 Å². The standard InChI is InChI=1S/C22H28N4OS/c1-15-9-10-18(28-15)19(27)26-12-11-22(14-26)20(25-21(2,3)4)24-17-8-6-5-7-16(17)13-23-22/h5-10,23H,11-14H2,1-4H3,(H,24,25). The van der Waals surface area contributed by atoms with Crippen LogP contribution in [0.3, 0.4) is 0 Å². The van der Waals surface area contributed by atoms with Crippen LogP contribution < -0.4 is 10.6 Å². The molecule has 2 N–H and O–H groups in total. The molecule has 6 heteroatoms. The van der Waals surface area contributed by atoms with Gasteiger partial charge in [0.1, 0.15) is 5.84 Å². The molecule has 0 bridgehead atoms. The second-order valence-electron chi connectivity index (χ2n) is 8.74. The molecule has 1 atom stereocenters. The highest BCUT2D eigenvalue weighted by molar-refractivity contribution is 7.13. The molecular weight excluding hydrogens is 368 g/mol. The number of amidine groups is 1. The highest BCUT2D eigenvalue weighted by atomic mass is 32.1. The van der Waals surface area contributed by atoms with E-state index < -0.39 is 0 Å². The zero-order chi connectivity index (χ0) is 19.9. The minimum absolute atomic E-state index is 0.119. The van der Waals surface area contributed by atoms with Crippen LogP contribution in [0.2, 0.25) is 0 Å². The van der Waals surface area contributed by atoms with Crippen molar-refractivity contribution in [1.82, 2.24) is 10.2 Å². The minimum Gasteiger partial charge on any atom is -0.342 e. The number of fused-ring (bicyclic) bond motifs is 1. The van der Waals surface area contributed by atoms with Gasteiger partial charge >= 0.3 is 0 Å². The first kappa shape index (κ1) is 19.2. The number of aliphatic imine (C=N–C) groups is 1. The number of nitrogens with one attached hydrogen (secondary N) is 2. The van der Waals surface area contributed by atoms with Gasteiger partial charge in [0.25, 0.3) is 5.91 Å². The third-order valence-electron chi connectivity index (χ3n) is 5.30.